The Morgan fingerprint density at radius 2 is 1.74 bits per heavy atom. The highest BCUT2D eigenvalue weighted by Gasteiger charge is 2.80. The minimum Gasteiger partial charge on any atom is -0.192 e. The van der Waals surface area contributed by atoms with Crippen LogP contribution in [0, 0.1) is 19.8 Å². The van der Waals surface area contributed by atoms with Crippen molar-refractivity contribution < 1.29 is 4.57 Å². The van der Waals surface area contributed by atoms with Crippen molar-refractivity contribution >= 4 is 0 Å². The Morgan fingerprint density at radius 3 is 2.52 bits per heavy atom. The van der Waals surface area contributed by atoms with E-state index in [-0.39, 0.29) is 11.0 Å². The molecule has 1 aliphatic heterocycles. The molecule has 0 amide bonds. The second kappa shape index (κ2) is 5.32. The van der Waals surface area contributed by atoms with Crippen LogP contribution in [-0.4, -0.2) is 0 Å². The largest absolute Gasteiger partial charge is 0.213 e. The van der Waals surface area contributed by atoms with Gasteiger partial charge in [0.05, 0.1) is 11.0 Å². The van der Waals surface area contributed by atoms with Gasteiger partial charge < -0.3 is 0 Å². The molecule has 136 valence electrons. The number of aryl methyl sites for hydroxylation is 2. The molecule has 1 fully saturated rings. The summed E-state index contributed by atoms with van der Waals surface area (Å²) in [6, 6.07) is 20.6. The smallest absolute Gasteiger partial charge is 0.192 e. The first kappa shape index (κ1) is 16.7. The summed E-state index contributed by atoms with van der Waals surface area (Å²) in [5.74, 6) is 0.684. The molecule has 0 saturated heterocycles. The van der Waals surface area contributed by atoms with Crippen molar-refractivity contribution in [3.8, 4) is 22.4 Å². The van der Waals surface area contributed by atoms with Crippen molar-refractivity contribution in [2.75, 3.05) is 0 Å². The number of nitrogens with zero attached hydrogens (tertiary/aromatic N) is 1. The van der Waals surface area contributed by atoms with Crippen LogP contribution >= 0.6 is 0 Å². The van der Waals surface area contributed by atoms with Gasteiger partial charge in [-0.3, -0.25) is 0 Å². The van der Waals surface area contributed by atoms with Crippen molar-refractivity contribution in [1.29, 1.82) is 0 Å². The van der Waals surface area contributed by atoms with Gasteiger partial charge in [0, 0.05) is 25.0 Å². The molecule has 0 N–H and O–H groups in total. The van der Waals surface area contributed by atoms with E-state index in [1.165, 1.54) is 45.5 Å². The number of aromatic nitrogens is 1. The standard InChI is InChI=1S/C26H28N/c1-6-24-25(4)22-13-12-19(20-15-17(2)10-11-18(20)3)16-21(22)23-9-7-8-14-27(23)26(24,25)5/h7-16,24H,6H2,1-5H3/q+1. The summed E-state index contributed by atoms with van der Waals surface area (Å²) >= 11 is 0. The maximum atomic E-state index is 2.55. The third-order valence-electron chi connectivity index (χ3n) is 7.67. The van der Waals surface area contributed by atoms with E-state index in [9.17, 15) is 0 Å². The van der Waals surface area contributed by atoms with Crippen LogP contribution in [0.15, 0.2) is 60.8 Å². The quantitative estimate of drug-likeness (QED) is 0.501. The highest BCUT2D eigenvalue weighted by atomic mass is 15.2. The molecule has 1 heteroatoms. The lowest BCUT2D eigenvalue weighted by molar-refractivity contribution is -0.734. The first-order chi connectivity index (χ1) is 12.9. The van der Waals surface area contributed by atoms with Crippen molar-refractivity contribution in [1.82, 2.24) is 0 Å². The molecule has 2 heterocycles. The minimum atomic E-state index is 0.187. The fourth-order valence-electron chi connectivity index (χ4n) is 6.06. The highest BCUT2D eigenvalue weighted by molar-refractivity contribution is 5.77. The fraction of sp³-hybridized carbons (Fsp3) is 0.346. The van der Waals surface area contributed by atoms with Gasteiger partial charge in [0.25, 0.3) is 0 Å². The van der Waals surface area contributed by atoms with E-state index in [0.29, 0.717) is 5.92 Å². The molecule has 1 saturated carbocycles. The zero-order valence-electron chi connectivity index (χ0n) is 17.0. The zero-order chi connectivity index (χ0) is 19.0. The summed E-state index contributed by atoms with van der Waals surface area (Å²) in [5.41, 5.74) is 10.0. The predicted molar refractivity (Wildman–Crippen MR) is 112 cm³/mol. The predicted octanol–water partition coefficient (Wildman–Crippen LogP) is 5.95. The van der Waals surface area contributed by atoms with E-state index in [2.05, 4.69) is 100.0 Å². The lowest BCUT2D eigenvalue weighted by atomic mass is 9.82. The molecule has 0 bridgehead atoms. The van der Waals surface area contributed by atoms with Crippen LogP contribution in [0.4, 0.5) is 0 Å². The number of hydrogen-bond donors (Lipinski definition) is 0. The third kappa shape index (κ3) is 1.92. The van der Waals surface area contributed by atoms with Crippen LogP contribution in [0.2, 0.25) is 0 Å². The molecular formula is C26H28N+. The van der Waals surface area contributed by atoms with Crippen molar-refractivity contribution in [2.45, 2.75) is 52.0 Å². The summed E-state index contributed by atoms with van der Waals surface area (Å²) in [4.78, 5) is 0. The molecule has 27 heavy (non-hydrogen) atoms. The molecule has 1 aromatic heterocycles. The lowest BCUT2D eigenvalue weighted by Gasteiger charge is -2.25. The maximum absolute atomic E-state index is 2.55. The van der Waals surface area contributed by atoms with E-state index in [0.717, 1.165) is 0 Å². The number of fused-ring (bicyclic) bond motifs is 6. The molecule has 1 nitrogen and oxygen atoms in total. The van der Waals surface area contributed by atoms with Gasteiger partial charge in [-0.15, -0.1) is 0 Å². The van der Waals surface area contributed by atoms with Gasteiger partial charge in [-0.1, -0.05) is 42.8 Å². The molecule has 3 atom stereocenters. The summed E-state index contributed by atoms with van der Waals surface area (Å²) in [7, 11) is 0. The Hall–Kier alpha value is -2.41. The van der Waals surface area contributed by atoms with Crippen LogP contribution in [0.1, 0.15) is 43.9 Å². The molecule has 1 aliphatic carbocycles. The summed E-state index contributed by atoms with van der Waals surface area (Å²) < 4.78 is 2.55. The van der Waals surface area contributed by atoms with E-state index < -0.39 is 0 Å². The summed E-state index contributed by atoms with van der Waals surface area (Å²) in [6.45, 7) is 11.7. The maximum Gasteiger partial charge on any atom is 0.213 e. The molecule has 2 aromatic carbocycles. The van der Waals surface area contributed by atoms with Crippen molar-refractivity contribution in [3.05, 3.63) is 77.5 Å². The molecule has 5 rings (SSSR count). The van der Waals surface area contributed by atoms with Gasteiger partial charge >= 0.3 is 0 Å². The monoisotopic (exact) mass is 354 g/mol. The van der Waals surface area contributed by atoms with Gasteiger partial charge in [-0.2, -0.15) is 4.57 Å². The van der Waals surface area contributed by atoms with E-state index >= 15 is 0 Å². The third-order valence-corrected chi connectivity index (χ3v) is 7.67. The molecule has 0 spiro atoms. The van der Waals surface area contributed by atoms with E-state index in [1.807, 2.05) is 0 Å². The Bertz CT molecular complexity index is 1080. The fourth-order valence-corrected chi connectivity index (χ4v) is 6.06. The van der Waals surface area contributed by atoms with Gasteiger partial charge in [0.15, 0.2) is 11.7 Å². The molecule has 2 aliphatic rings. The van der Waals surface area contributed by atoms with Gasteiger partial charge in [-0.25, -0.2) is 0 Å². The average molecular weight is 355 g/mol. The summed E-state index contributed by atoms with van der Waals surface area (Å²) in [5, 5.41) is 0. The number of benzene rings is 2. The Balaban J connectivity index is 1.78. The van der Waals surface area contributed by atoms with Crippen LogP contribution < -0.4 is 4.57 Å². The van der Waals surface area contributed by atoms with Gasteiger partial charge in [0.1, 0.15) is 0 Å². The second-order valence-electron chi connectivity index (χ2n) is 8.85. The first-order valence-corrected chi connectivity index (χ1v) is 10.2. The van der Waals surface area contributed by atoms with E-state index in [4.69, 9.17) is 0 Å². The van der Waals surface area contributed by atoms with Crippen molar-refractivity contribution in [3.63, 3.8) is 0 Å². The molecule has 0 radical (unpaired) electrons. The second-order valence-corrected chi connectivity index (χ2v) is 8.85. The number of rotatable bonds is 2. The Morgan fingerprint density at radius 1 is 0.926 bits per heavy atom. The molecular weight excluding hydrogens is 326 g/mol. The van der Waals surface area contributed by atoms with Crippen LogP contribution in [-0.2, 0) is 11.0 Å². The van der Waals surface area contributed by atoms with Crippen LogP contribution in [0.3, 0.4) is 0 Å². The van der Waals surface area contributed by atoms with Crippen LogP contribution in [0.25, 0.3) is 22.4 Å². The number of hydrogen-bond acceptors (Lipinski definition) is 0. The highest BCUT2D eigenvalue weighted by Crippen LogP contribution is 2.69. The average Bonchev–Trinajstić information content (AvgIpc) is 3.20. The van der Waals surface area contributed by atoms with Crippen LogP contribution in [0.5, 0.6) is 0 Å². The Labute approximate surface area is 162 Å². The molecule has 3 unspecified atom stereocenters. The normalized spacial score (nSPS) is 27.5. The zero-order valence-corrected chi connectivity index (χ0v) is 17.0. The minimum absolute atomic E-state index is 0.187. The van der Waals surface area contributed by atoms with Crippen molar-refractivity contribution in [2.24, 2.45) is 5.92 Å². The Kier molecular flexibility index (Phi) is 3.30. The van der Waals surface area contributed by atoms with E-state index in [1.54, 1.807) is 0 Å². The van der Waals surface area contributed by atoms with Gasteiger partial charge in [0.2, 0.25) is 5.69 Å². The van der Waals surface area contributed by atoms with Gasteiger partial charge in [-0.05, 0) is 61.6 Å². The summed E-state index contributed by atoms with van der Waals surface area (Å²) in [6.07, 6.45) is 3.50. The number of pyridine rings is 1. The molecule has 3 aromatic rings. The SMILES string of the molecule is CCC1C2(C)c3ccc(-c4cc(C)ccc4C)cc3-c3cccc[n+]3C12C. The lowest BCUT2D eigenvalue weighted by Crippen LogP contribution is -2.53. The first-order valence-electron chi connectivity index (χ1n) is 10.2. The topological polar surface area (TPSA) is 3.88 Å².